The van der Waals surface area contributed by atoms with Crippen molar-refractivity contribution in [1.29, 1.82) is 0 Å². The number of methoxy groups -OCH3 is 1. The Balaban J connectivity index is 1.33. The monoisotopic (exact) mass is 471 g/mol. The number of hydrogen-bond donors (Lipinski definition) is 0. The molecular formula is C27H29N5O3. The van der Waals surface area contributed by atoms with Crippen LogP contribution in [-0.2, 0) is 4.79 Å². The van der Waals surface area contributed by atoms with Crippen LogP contribution in [0.4, 0.5) is 5.82 Å². The Labute approximate surface area is 205 Å². The Bertz CT molecular complexity index is 1140. The lowest BCUT2D eigenvalue weighted by atomic mass is 10.1. The molecule has 0 spiro atoms. The zero-order chi connectivity index (χ0) is 24.6. The molecule has 2 amide bonds. The standard InChI is InChI=1S/C27H29N5O3/c1-3-15-32(27(34)22-9-11-23(35-2)12-10-22)20-26(33)31-18-16-30(17-19-31)25-14-13-24(28-29-25)21-7-5-4-6-8-21/h3-14H,1,15-20H2,2H3. The van der Waals surface area contributed by atoms with Crippen LogP contribution in [0.25, 0.3) is 11.3 Å². The molecule has 0 radical (unpaired) electrons. The first-order chi connectivity index (χ1) is 17.1. The van der Waals surface area contributed by atoms with Gasteiger partial charge in [0.1, 0.15) is 12.3 Å². The summed E-state index contributed by atoms with van der Waals surface area (Å²) in [5, 5.41) is 8.75. The lowest BCUT2D eigenvalue weighted by molar-refractivity contribution is -0.132. The van der Waals surface area contributed by atoms with Crippen molar-refractivity contribution in [3.8, 4) is 17.0 Å². The number of amides is 2. The Morgan fingerprint density at radius 1 is 0.971 bits per heavy atom. The molecule has 1 fully saturated rings. The molecule has 0 unspecified atom stereocenters. The van der Waals surface area contributed by atoms with Crippen molar-refractivity contribution < 1.29 is 14.3 Å². The Morgan fingerprint density at radius 3 is 2.29 bits per heavy atom. The summed E-state index contributed by atoms with van der Waals surface area (Å²) >= 11 is 0. The summed E-state index contributed by atoms with van der Waals surface area (Å²) in [7, 11) is 1.57. The highest BCUT2D eigenvalue weighted by Crippen LogP contribution is 2.19. The summed E-state index contributed by atoms with van der Waals surface area (Å²) in [6, 6.07) is 20.7. The second-order valence-corrected chi connectivity index (χ2v) is 8.21. The largest absolute Gasteiger partial charge is 0.497 e. The van der Waals surface area contributed by atoms with Crippen LogP contribution in [0.5, 0.6) is 5.75 Å². The third-order valence-electron chi connectivity index (χ3n) is 5.98. The zero-order valence-corrected chi connectivity index (χ0v) is 19.8. The Morgan fingerprint density at radius 2 is 1.69 bits per heavy atom. The molecule has 0 bridgehead atoms. The van der Waals surface area contributed by atoms with Gasteiger partial charge in [0.15, 0.2) is 5.82 Å². The molecule has 35 heavy (non-hydrogen) atoms. The van der Waals surface area contributed by atoms with E-state index < -0.39 is 0 Å². The number of benzene rings is 2. The number of aromatic nitrogens is 2. The van der Waals surface area contributed by atoms with Gasteiger partial charge in [0.05, 0.1) is 12.8 Å². The van der Waals surface area contributed by atoms with E-state index in [1.807, 2.05) is 42.5 Å². The van der Waals surface area contributed by atoms with E-state index in [0.717, 1.165) is 17.1 Å². The SMILES string of the molecule is C=CCN(CC(=O)N1CCN(c2ccc(-c3ccccc3)nn2)CC1)C(=O)c1ccc(OC)cc1. The van der Waals surface area contributed by atoms with Crippen molar-refractivity contribution in [3.63, 3.8) is 0 Å². The molecule has 3 aromatic rings. The lowest BCUT2D eigenvalue weighted by Crippen LogP contribution is -2.52. The molecule has 2 aromatic carbocycles. The highest BCUT2D eigenvalue weighted by Gasteiger charge is 2.25. The first-order valence-electron chi connectivity index (χ1n) is 11.5. The number of hydrogen-bond acceptors (Lipinski definition) is 6. The molecule has 4 rings (SSSR count). The molecule has 1 aliphatic rings. The smallest absolute Gasteiger partial charge is 0.254 e. The van der Waals surface area contributed by atoms with Crippen molar-refractivity contribution in [2.75, 3.05) is 51.3 Å². The first-order valence-corrected chi connectivity index (χ1v) is 11.5. The fourth-order valence-corrected chi connectivity index (χ4v) is 4.00. The first kappa shape index (κ1) is 23.9. The van der Waals surface area contributed by atoms with Crippen molar-refractivity contribution in [3.05, 3.63) is 84.9 Å². The average molecular weight is 472 g/mol. The maximum absolute atomic E-state index is 13.0. The van der Waals surface area contributed by atoms with E-state index in [2.05, 4.69) is 21.7 Å². The zero-order valence-electron chi connectivity index (χ0n) is 19.8. The van der Waals surface area contributed by atoms with E-state index in [9.17, 15) is 9.59 Å². The fraction of sp³-hybridized carbons (Fsp3) is 0.259. The average Bonchev–Trinajstić information content (AvgIpc) is 2.93. The molecule has 2 heterocycles. The molecule has 8 heteroatoms. The van der Waals surface area contributed by atoms with Gasteiger partial charge >= 0.3 is 0 Å². The molecule has 180 valence electrons. The Kier molecular flexibility index (Phi) is 7.72. The van der Waals surface area contributed by atoms with Crippen LogP contribution in [0, 0.1) is 0 Å². The van der Waals surface area contributed by atoms with Crippen LogP contribution in [0.1, 0.15) is 10.4 Å². The fourth-order valence-electron chi connectivity index (χ4n) is 4.00. The van der Waals surface area contributed by atoms with Crippen LogP contribution in [-0.4, -0.2) is 78.2 Å². The summed E-state index contributed by atoms with van der Waals surface area (Å²) in [5.41, 5.74) is 2.35. The predicted molar refractivity (Wildman–Crippen MR) is 135 cm³/mol. The number of ether oxygens (including phenoxy) is 1. The second-order valence-electron chi connectivity index (χ2n) is 8.21. The highest BCUT2D eigenvalue weighted by atomic mass is 16.5. The maximum Gasteiger partial charge on any atom is 0.254 e. The van der Waals surface area contributed by atoms with Gasteiger partial charge < -0.3 is 19.4 Å². The van der Waals surface area contributed by atoms with Crippen LogP contribution >= 0.6 is 0 Å². The van der Waals surface area contributed by atoms with E-state index in [1.54, 1.807) is 42.4 Å². The van der Waals surface area contributed by atoms with Crippen LogP contribution in [0.2, 0.25) is 0 Å². The Hall–Kier alpha value is -4.20. The summed E-state index contributed by atoms with van der Waals surface area (Å²) in [6.07, 6.45) is 1.63. The molecular weight excluding hydrogens is 442 g/mol. The number of carbonyl (C=O) groups is 2. The van der Waals surface area contributed by atoms with Crippen LogP contribution < -0.4 is 9.64 Å². The van der Waals surface area contributed by atoms with E-state index in [4.69, 9.17) is 4.74 Å². The van der Waals surface area contributed by atoms with Gasteiger partial charge in [0, 0.05) is 43.9 Å². The predicted octanol–water partition coefficient (Wildman–Crippen LogP) is 3.13. The minimum absolute atomic E-state index is 0.00244. The molecule has 0 saturated carbocycles. The lowest BCUT2D eigenvalue weighted by Gasteiger charge is -2.36. The summed E-state index contributed by atoms with van der Waals surface area (Å²) in [5.74, 6) is 1.16. The minimum atomic E-state index is -0.215. The van der Waals surface area contributed by atoms with Crippen LogP contribution in [0.3, 0.4) is 0 Å². The molecule has 1 aliphatic heterocycles. The highest BCUT2D eigenvalue weighted by molar-refractivity contribution is 5.96. The number of nitrogens with zero attached hydrogens (tertiary/aromatic N) is 5. The summed E-state index contributed by atoms with van der Waals surface area (Å²) in [4.78, 5) is 31.4. The third kappa shape index (κ3) is 5.84. The van der Waals surface area contributed by atoms with Gasteiger partial charge in [-0.25, -0.2) is 0 Å². The molecule has 8 nitrogen and oxygen atoms in total. The molecule has 1 aromatic heterocycles. The number of rotatable bonds is 8. The van der Waals surface area contributed by atoms with E-state index >= 15 is 0 Å². The maximum atomic E-state index is 13.0. The normalized spacial score (nSPS) is 13.3. The molecule has 0 N–H and O–H groups in total. The van der Waals surface area contributed by atoms with Crippen molar-refractivity contribution in [2.45, 2.75) is 0 Å². The third-order valence-corrected chi connectivity index (χ3v) is 5.98. The number of piperazine rings is 1. The van der Waals surface area contributed by atoms with E-state index in [-0.39, 0.29) is 18.4 Å². The molecule has 0 aliphatic carbocycles. The second kappa shape index (κ2) is 11.3. The topological polar surface area (TPSA) is 78.9 Å². The van der Waals surface area contributed by atoms with Gasteiger partial charge in [0.25, 0.3) is 5.91 Å². The van der Waals surface area contributed by atoms with Crippen molar-refractivity contribution in [1.82, 2.24) is 20.0 Å². The molecule has 0 atom stereocenters. The van der Waals surface area contributed by atoms with Gasteiger partial charge in [-0.05, 0) is 36.4 Å². The van der Waals surface area contributed by atoms with Gasteiger partial charge in [0.2, 0.25) is 5.91 Å². The van der Waals surface area contributed by atoms with E-state index in [0.29, 0.717) is 44.0 Å². The van der Waals surface area contributed by atoms with Gasteiger partial charge in [-0.15, -0.1) is 16.8 Å². The minimum Gasteiger partial charge on any atom is -0.497 e. The number of carbonyl (C=O) groups excluding carboxylic acids is 2. The quantitative estimate of drug-likeness (QED) is 0.470. The van der Waals surface area contributed by atoms with Crippen molar-refractivity contribution in [2.24, 2.45) is 0 Å². The molecule has 1 saturated heterocycles. The van der Waals surface area contributed by atoms with Gasteiger partial charge in [-0.1, -0.05) is 36.4 Å². The van der Waals surface area contributed by atoms with Crippen LogP contribution in [0.15, 0.2) is 79.4 Å². The van der Waals surface area contributed by atoms with Gasteiger partial charge in [-0.3, -0.25) is 9.59 Å². The summed E-state index contributed by atoms with van der Waals surface area (Å²) in [6.45, 7) is 6.44. The van der Waals surface area contributed by atoms with Gasteiger partial charge in [-0.2, -0.15) is 0 Å². The van der Waals surface area contributed by atoms with E-state index in [1.165, 1.54) is 4.90 Å². The van der Waals surface area contributed by atoms with Crippen molar-refractivity contribution >= 4 is 17.6 Å². The summed E-state index contributed by atoms with van der Waals surface area (Å²) < 4.78 is 5.15. The number of anilines is 1.